The lowest BCUT2D eigenvalue weighted by atomic mass is 10.0. The molecule has 23 heteroatoms. The van der Waals surface area contributed by atoms with Crippen molar-refractivity contribution in [3.63, 3.8) is 0 Å². The normalized spacial score (nSPS) is 22.6. The largest absolute Gasteiger partial charge is 0.508 e. The maximum absolute atomic E-state index is 14.4. The van der Waals surface area contributed by atoms with Gasteiger partial charge in [0.2, 0.25) is 35.4 Å². The number of ether oxygens (including phenoxy) is 1. The summed E-state index contributed by atoms with van der Waals surface area (Å²) in [5.41, 5.74) is 14.2. The SMILES string of the molecule is CCCCCCCCOc1ccc2cc(C(=O)N[C@H]3CCCNC(=O)[C@@H]4C[C@H](N)CN4C(=O)[C@H](CCCN)NC(=O)[C@H](CCc4ccc(O)cc4)NC(=O)[C@@H]4CCCN4C(=O)[C@H]([C@@H](C)O)NC3=O)ccc2c1.Cc1ccc(S(=O)(=O)O)cc1. The third-order valence-corrected chi connectivity index (χ3v) is 16.0. The number of aliphatic hydroxyl groups is 1. The quantitative estimate of drug-likeness (QED) is 0.0502. The van der Waals surface area contributed by atoms with Crippen LogP contribution in [0, 0.1) is 6.92 Å². The van der Waals surface area contributed by atoms with Crippen LogP contribution in [-0.2, 0) is 45.3 Å². The van der Waals surface area contributed by atoms with Crippen molar-refractivity contribution in [2.45, 2.75) is 170 Å². The highest BCUT2D eigenvalue weighted by molar-refractivity contribution is 7.85. The van der Waals surface area contributed by atoms with Crippen LogP contribution >= 0.6 is 0 Å². The second-order valence-electron chi connectivity index (χ2n) is 21.8. The molecule has 0 saturated carbocycles. The zero-order valence-corrected chi connectivity index (χ0v) is 48.5. The van der Waals surface area contributed by atoms with Gasteiger partial charge in [-0.15, -0.1) is 0 Å². The van der Waals surface area contributed by atoms with Crippen LogP contribution in [0.2, 0.25) is 0 Å². The summed E-state index contributed by atoms with van der Waals surface area (Å²) in [6.45, 7) is 6.37. The number of aryl methyl sites for hydroxylation is 2. The average molecular weight is 1170 g/mol. The molecule has 3 saturated heterocycles. The Bertz CT molecular complexity index is 2960. The van der Waals surface area contributed by atoms with Gasteiger partial charge in [-0.3, -0.25) is 38.1 Å². The lowest BCUT2D eigenvalue weighted by Crippen LogP contribution is -2.61. The molecule has 8 atom stereocenters. The Morgan fingerprint density at radius 1 is 0.759 bits per heavy atom. The number of unbranched alkanes of at least 4 members (excludes halogenated alkanes) is 5. The number of fused-ring (bicyclic) bond motifs is 3. The van der Waals surface area contributed by atoms with Gasteiger partial charge in [-0.05, 0) is 149 Å². The monoisotopic (exact) mass is 1170 g/mol. The van der Waals surface area contributed by atoms with E-state index in [2.05, 4.69) is 33.5 Å². The molecule has 0 aliphatic carbocycles. The molecule has 4 aromatic rings. The molecule has 4 aromatic carbocycles. The molecule has 3 aliphatic heterocycles. The summed E-state index contributed by atoms with van der Waals surface area (Å²) < 4.78 is 35.6. The molecule has 3 fully saturated rings. The van der Waals surface area contributed by atoms with Gasteiger partial charge in [0.1, 0.15) is 47.8 Å². The molecule has 22 nitrogen and oxygen atoms in total. The predicted octanol–water partition coefficient (Wildman–Crippen LogP) is 3.66. The van der Waals surface area contributed by atoms with Crippen LogP contribution in [0.3, 0.4) is 0 Å². The fourth-order valence-corrected chi connectivity index (χ4v) is 10.9. The summed E-state index contributed by atoms with van der Waals surface area (Å²) in [4.78, 5) is 102. The fraction of sp³-hybridized carbons (Fsp3) is 0.517. The first-order valence-corrected chi connectivity index (χ1v) is 30.3. The first-order valence-electron chi connectivity index (χ1n) is 28.9. The molecule has 0 spiro atoms. The van der Waals surface area contributed by atoms with Crippen molar-refractivity contribution in [2.24, 2.45) is 11.5 Å². The number of phenolic OH excluding ortho intramolecular Hbond substituents is 1. The van der Waals surface area contributed by atoms with Crippen molar-refractivity contribution in [1.29, 1.82) is 0 Å². The van der Waals surface area contributed by atoms with Gasteiger partial charge in [-0.25, -0.2) is 0 Å². The number of carbonyl (C=O) groups excluding carboxylic acids is 7. The third kappa shape index (κ3) is 19.2. The predicted molar refractivity (Wildman–Crippen MR) is 312 cm³/mol. The zero-order valence-electron chi connectivity index (χ0n) is 47.7. The van der Waals surface area contributed by atoms with Crippen molar-refractivity contribution < 1.29 is 61.5 Å². The number of aliphatic hydroxyl groups excluding tert-OH is 1. The number of amides is 7. The van der Waals surface area contributed by atoms with Crippen molar-refractivity contribution >= 4 is 62.2 Å². The maximum atomic E-state index is 14.4. The Kier molecular flexibility index (Phi) is 24.6. The summed E-state index contributed by atoms with van der Waals surface area (Å²) in [6.07, 6.45) is 7.23. The Morgan fingerprint density at radius 3 is 2.14 bits per heavy atom. The van der Waals surface area contributed by atoms with E-state index >= 15 is 0 Å². The number of rotatable bonds is 18. The number of benzene rings is 4. The van der Waals surface area contributed by atoms with E-state index < -0.39 is 99.9 Å². The van der Waals surface area contributed by atoms with Gasteiger partial charge in [0.05, 0.1) is 17.6 Å². The van der Waals surface area contributed by atoms with Gasteiger partial charge in [-0.1, -0.05) is 81.0 Å². The van der Waals surface area contributed by atoms with Crippen LogP contribution in [0.5, 0.6) is 11.5 Å². The number of nitrogens with two attached hydrogens (primary N) is 2. The molecular weight excluding hydrogens is 1090 g/mol. The summed E-state index contributed by atoms with van der Waals surface area (Å²) in [6, 6.07) is 15.4. The van der Waals surface area contributed by atoms with E-state index in [0.717, 1.165) is 40.5 Å². The minimum absolute atomic E-state index is 0.00818. The molecule has 12 N–H and O–H groups in total. The van der Waals surface area contributed by atoms with Gasteiger partial charge in [-0.2, -0.15) is 8.42 Å². The van der Waals surface area contributed by atoms with E-state index in [0.29, 0.717) is 19.4 Å². The number of phenols is 1. The second-order valence-corrected chi connectivity index (χ2v) is 23.2. The number of aromatic hydroxyl groups is 1. The van der Waals surface area contributed by atoms with Crippen molar-refractivity contribution in [2.75, 3.05) is 32.8 Å². The summed E-state index contributed by atoms with van der Waals surface area (Å²) in [5.74, 6) is -3.68. The van der Waals surface area contributed by atoms with Gasteiger partial charge in [0.25, 0.3) is 16.0 Å². The van der Waals surface area contributed by atoms with Gasteiger partial charge in [0, 0.05) is 31.2 Å². The second kappa shape index (κ2) is 31.5. The van der Waals surface area contributed by atoms with Crippen LogP contribution in [0.15, 0.2) is 89.8 Å². The molecule has 452 valence electrons. The number of nitrogens with one attached hydrogen (secondary N) is 5. The number of carbonyl (C=O) groups is 7. The lowest BCUT2D eigenvalue weighted by Gasteiger charge is -2.32. The smallest absolute Gasteiger partial charge is 0.294 e. The third-order valence-electron chi connectivity index (χ3n) is 15.2. The van der Waals surface area contributed by atoms with Crippen molar-refractivity contribution in [3.05, 3.63) is 102 Å². The Balaban J connectivity index is 0.000000899. The van der Waals surface area contributed by atoms with Gasteiger partial charge < -0.3 is 62.8 Å². The minimum Gasteiger partial charge on any atom is -0.508 e. The minimum atomic E-state index is -4.02. The maximum Gasteiger partial charge on any atom is 0.294 e. The van der Waals surface area contributed by atoms with E-state index in [1.54, 1.807) is 42.5 Å². The molecule has 7 amide bonds. The standard InChI is InChI=1S/C53H75N9O10.C7H8O3S/c1-3-4-5-6-7-8-28-72-40-23-20-35-29-37(19-18-36(35)30-40)47(65)57-41-13-10-26-56-50(68)45-31-38(55)32-62(45)52(70)43(12-9-25-54)59-48(66)42(24-17-34-15-21-39(64)22-16-34)58-51(69)44-14-11-27-61(44)53(71)46(33(2)63)60-49(41)67;1-6-2-4-7(5-3-6)11(8,9)10/h15-16,18-23,29-30,33,38,41-46,63-64H,3-14,17,24-28,31-32,54-55H2,1-2H3,(H,56,68)(H,57,65)(H,58,69)(H,59,66)(H,60,67);2-5H,1H3,(H,8,9,10)/t33-,38+,41+,42+,43+,44+,45+,46+;/m1./s1. The first-order chi connectivity index (χ1) is 39.7. The lowest BCUT2D eigenvalue weighted by molar-refractivity contribution is -0.144. The Hall–Kier alpha value is -7.18. The summed E-state index contributed by atoms with van der Waals surface area (Å²) in [5, 5.41) is 36.5. The highest BCUT2D eigenvalue weighted by Gasteiger charge is 2.43. The molecule has 3 heterocycles. The molecule has 0 radical (unpaired) electrons. The van der Waals surface area contributed by atoms with E-state index in [9.17, 15) is 52.2 Å². The Labute approximate surface area is 485 Å². The number of hydrogen-bond acceptors (Lipinski definition) is 14. The van der Waals surface area contributed by atoms with E-state index in [1.807, 2.05) is 25.1 Å². The molecule has 0 aromatic heterocycles. The molecule has 0 unspecified atom stereocenters. The molecule has 3 aliphatic rings. The van der Waals surface area contributed by atoms with Gasteiger partial charge >= 0.3 is 0 Å². The molecule has 0 bridgehead atoms. The number of hydrogen-bond donors (Lipinski definition) is 10. The van der Waals surface area contributed by atoms with Crippen LogP contribution < -0.4 is 42.8 Å². The summed E-state index contributed by atoms with van der Waals surface area (Å²) >= 11 is 0. The molecule has 7 rings (SSSR count). The summed E-state index contributed by atoms with van der Waals surface area (Å²) in [7, 11) is -4.02. The van der Waals surface area contributed by atoms with E-state index in [1.165, 1.54) is 66.7 Å². The highest BCUT2D eigenvalue weighted by atomic mass is 32.2. The zero-order chi connectivity index (χ0) is 60.2. The van der Waals surface area contributed by atoms with Crippen LogP contribution in [0.1, 0.15) is 125 Å². The topological polar surface area (TPSA) is 342 Å². The fourth-order valence-electron chi connectivity index (χ4n) is 10.4. The Morgan fingerprint density at radius 2 is 1.45 bits per heavy atom. The van der Waals surface area contributed by atoms with Crippen molar-refractivity contribution in [1.82, 2.24) is 36.4 Å². The van der Waals surface area contributed by atoms with Crippen molar-refractivity contribution in [3.8, 4) is 11.5 Å². The highest BCUT2D eigenvalue weighted by Crippen LogP contribution is 2.25. The molecular formula is C60H83N9O13S. The molecule has 83 heavy (non-hydrogen) atoms. The van der Waals surface area contributed by atoms with Crippen LogP contribution in [0.25, 0.3) is 10.8 Å². The van der Waals surface area contributed by atoms with Gasteiger partial charge in [0.15, 0.2) is 0 Å². The number of nitrogens with zero attached hydrogens (tertiary/aromatic N) is 2. The average Bonchev–Trinajstić information content (AvgIpc) is 4.22. The van der Waals surface area contributed by atoms with Crippen LogP contribution in [0.4, 0.5) is 0 Å². The van der Waals surface area contributed by atoms with E-state index in [-0.39, 0.29) is 87.3 Å². The first kappa shape index (κ1) is 65.0. The van der Waals surface area contributed by atoms with Crippen LogP contribution in [-0.4, -0.2) is 156 Å². The van der Waals surface area contributed by atoms with E-state index in [4.69, 9.17) is 20.8 Å².